The van der Waals surface area contributed by atoms with Crippen molar-refractivity contribution in [3.05, 3.63) is 54.4 Å². The first-order valence-corrected chi connectivity index (χ1v) is 8.05. The maximum atomic E-state index is 12.1. The maximum absolute atomic E-state index is 12.1. The van der Waals surface area contributed by atoms with Crippen LogP contribution in [0, 0.1) is 0 Å². The van der Waals surface area contributed by atoms with Gasteiger partial charge in [0.1, 0.15) is 6.61 Å². The summed E-state index contributed by atoms with van der Waals surface area (Å²) in [5.74, 6) is -0.397. The van der Waals surface area contributed by atoms with Crippen molar-refractivity contribution >= 4 is 11.8 Å². The van der Waals surface area contributed by atoms with Crippen LogP contribution in [0.5, 0.6) is 0 Å². The van der Waals surface area contributed by atoms with Crippen molar-refractivity contribution < 1.29 is 19.1 Å². The molecular weight excluding hydrogens is 322 g/mol. The van der Waals surface area contributed by atoms with Gasteiger partial charge < -0.3 is 24.7 Å². The summed E-state index contributed by atoms with van der Waals surface area (Å²) < 4.78 is 11.9. The van der Waals surface area contributed by atoms with E-state index in [0.29, 0.717) is 31.9 Å². The van der Waals surface area contributed by atoms with Gasteiger partial charge >= 0.3 is 0 Å². The number of nitrogens with zero attached hydrogens (tertiary/aromatic N) is 1. The van der Waals surface area contributed by atoms with E-state index < -0.39 is 0 Å². The molecule has 1 heterocycles. The van der Waals surface area contributed by atoms with Gasteiger partial charge in [0.2, 0.25) is 5.91 Å². The highest BCUT2D eigenvalue weighted by Gasteiger charge is 2.06. The number of aromatic nitrogens is 1. The van der Waals surface area contributed by atoms with Crippen molar-refractivity contribution in [3.63, 3.8) is 0 Å². The lowest BCUT2D eigenvalue weighted by Crippen LogP contribution is -2.36. The van der Waals surface area contributed by atoms with Gasteiger partial charge in [0.15, 0.2) is 0 Å². The predicted octanol–water partition coefficient (Wildman–Crippen LogP) is 0.986. The number of rotatable bonds is 10. The van der Waals surface area contributed by atoms with E-state index in [9.17, 15) is 9.59 Å². The Labute approximate surface area is 146 Å². The molecule has 2 N–H and O–H groups in total. The molecule has 0 atom stereocenters. The third-order valence-electron chi connectivity index (χ3n) is 3.43. The molecule has 0 aliphatic heterocycles. The standard InChI is InChI=1S/C18H23N3O4/c1-24-12-13-25-14-17(22)19-8-9-20-18(23)15-4-6-16(7-5-15)21-10-2-3-11-21/h2-7,10-11H,8-9,12-14H2,1H3,(H,19,22)(H,20,23). The van der Waals surface area contributed by atoms with Gasteiger partial charge in [0.25, 0.3) is 5.91 Å². The Balaban J connectivity index is 1.66. The number of methoxy groups -OCH3 is 1. The van der Waals surface area contributed by atoms with Crippen molar-refractivity contribution in [3.8, 4) is 5.69 Å². The number of nitrogens with one attached hydrogen (secondary N) is 2. The minimum atomic E-state index is -0.221. The quantitative estimate of drug-likeness (QED) is 0.629. The lowest BCUT2D eigenvalue weighted by molar-refractivity contribution is -0.126. The Hall–Kier alpha value is -2.64. The van der Waals surface area contributed by atoms with E-state index in [1.165, 1.54) is 0 Å². The van der Waals surface area contributed by atoms with Gasteiger partial charge in [0.05, 0.1) is 13.2 Å². The molecule has 0 saturated carbocycles. The normalized spacial score (nSPS) is 10.4. The van der Waals surface area contributed by atoms with Crippen molar-refractivity contribution in [2.24, 2.45) is 0 Å². The van der Waals surface area contributed by atoms with E-state index in [4.69, 9.17) is 9.47 Å². The summed E-state index contributed by atoms with van der Waals surface area (Å²) in [6, 6.07) is 11.2. The van der Waals surface area contributed by atoms with Crippen LogP contribution in [-0.2, 0) is 14.3 Å². The number of amides is 2. The third kappa shape index (κ3) is 6.40. The first kappa shape index (κ1) is 18.7. The van der Waals surface area contributed by atoms with Gasteiger partial charge in [-0.05, 0) is 36.4 Å². The van der Waals surface area contributed by atoms with Crippen LogP contribution in [-0.4, -0.2) is 56.4 Å². The van der Waals surface area contributed by atoms with Gasteiger partial charge in [0, 0.05) is 43.8 Å². The fourth-order valence-corrected chi connectivity index (χ4v) is 2.13. The topological polar surface area (TPSA) is 81.6 Å². The van der Waals surface area contributed by atoms with Crippen molar-refractivity contribution in [2.75, 3.05) is 40.0 Å². The summed E-state index contributed by atoms with van der Waals surface area (Å²) >= 11 is 0. The van der Waals surface area contributed by atoms with Crippen LogP contribution in [0.2, 0.25) is 0 Å². The zero-order valence-electron chi connectivity index (χ0n) is 14.2. The second-order valence-corrected chi connectivity index (χ2v) is 5.29. The van der Waals surface area contributed by atoms with Crippen LogP contribution in [0.1, 0.15) is 10.4 Å². The predicted molar refractivity (Wildman–Crippen MR) is 93.8 cm³/mol. The Morgan fingerprint density at radius 2 is 1.68 bits per heavy atom. The van der Waals surface area contributed by atoms with Crippen LogP contribution in [0.15, 0.2) is 48.8 Å². The van der Waals surface area contributed by atoms with Crippen molar-refractivity contribution in [2.45, 2.75) is 0 Å². The summed E-state index contributed by atoms with van der Waals surface area (Å²) in [5.41, 5.74) is 1.56. The van der Waals surface area contributed by atoms with Crippen molar-refractivity contribution in [1.29, 1.82) is 0 Å². The molecule has 0 radical (unpaired) electrons. The highest BCUT2D eigenvalue weighted by Crippen LogP contribution is 2.09. The zero-order valence-corrected chi connectivity index (χ0v) is 14.2. The molecule has 0 bridgehead atoms. The first-order valence-electron chi connectivity index (χ1n) is 8.05. The minimum Gasteiger partial charge on any atom is -0.382 e. The van der Waals surface area contributed by atoms with E-state index >= 15 is 0 Å². The Kier molecular flexibility index (Phi) is 7.68. The monoisotopic (exact) mass is 345 g/mol. The Morgan fingerprint density at radius 1 is 1.00 bits per heavy atom. The Morgan fingerprint density at radius 3 is 2.36 bits per heavy atom. The van der Waals surface area contributed by atoms with Crippen LogP contribution in [0.4, 0.5) is 0 Å². The van der Waals surface area contributed by atoms with Gasteiger partial charge in [-0.2, -0.15) is 0 Å². The van der Waals surface area contributed by atoms with E-state index in [1.54, 1.807) is 19.2 Å². The molecule has 25 heavy (non-hydrogen) atoms. The number of carbonyl (C=O) groups excluding carboxylic acids is 2. The Bertz CT molecular complexity index is 653. The smallest absolute Gasteiger partial charge is 0.251 e. The van der Waals surface area contributed by atoms with Crippen LogP contribution < -0.4 is 10.6 Å². The third-order valence-corrected chi connectivity index (χ3v) is 3.43. The molecule has 7 nitrogen and oxygen atoms in total. The van der Waals surface area contributed by atoms with Gasteiger partial charge in [-0.3, -0.25) is 9.59 Å². The second kappa shape index (κ2) is 10.3. The molecule has 0 saturated heterocycles. The molecule has 134 valence electrons. The molecule has 0 fully saturated rings. The summed E-state index contributed by atoms with van der Waals surface area (Å²) in [5, 5.41) is 5.43. The number of ether oxygens (including phenoxy) is 2. The average Bonchev–Trinajstić information content (AvgIpc) is 3.17. The molecule has 0 aliphatic rings. The molecule has 7 heteroatoms. The molecule has 2 amide bonds. The number of hydrogen-bond acceptors (Lipinski definition) is 4. The molecule has 2 aromatic rings. The number of benzene rings is 1. The largest absolute Gasteiger partial charge is 0.382 e. The average molecular weight is 345 g/mol. The summed E-state index contributed by atoms with van der Waals surface area (Å²) in [7, 11) is 1.57. The number of hydrogen-bond donors (Lipinski definition) is 2. The lowest BCUT2D eigenvalue weighted by atomic mass is 10.2. The van der Waals surface area contributed by atoms with Gasteiger partial charge in [-0.1, -0.05) is 0 Å². The SMILES string of the molecule is COCCOCC(=O)NCCNC(=O)c1ccc(-n2cccc2)cc1. The fourth-order valence-electron chi connectivity index (χ4n) is 2.13. The minimum absolute atomic E-state index is 0.0157. The molecule has 1 aromatic carbocycles. The van der Waals surface area contributed by atoms with Crippen molar-refractivity contribution in [1.82, 2.24) is 15.2 Å². The fraction of sp³-hybridized carbons (Fsp3) is 0.333. The molecular formula is C18H23N3O4. The highest BCUT2D eigenvalue weighted by atomic mass is 16.5. The molecule has 0 unspecified atom stereocenters. The van der Waals surface area contributed by atoms with Gasteiger partial charge in [-0.15, -0.1) is 0 Å². The lowest BCUT2D eigenvalue weighted by Gasteiger charge is -2.08. The van der Waals surface area contributed by atoms with E-state index in [2.05, 4.69) is 10.6 Å². The zero-order chi connectivity index (χ0) is 17.9. The van der Waals surface area contributed by atoms with Crippen LogP contribution in [0.3, 0.4) is 0 Å². The van der Waals surface area contributed by atoms with E-state index in [0.717, 1.165) is 5.69 Å². The number of carbonyl (C=O) groups is 2. The second-order valence-electron chi connectivity index (χ2n) is 5.29. The molecule has 0 aliphatic carbocycles. The molecule has 1 aromatic heterocycles. The summed E-state index contributed by atoms with van der Waals surface area (Å²) in [4.78, 5) is 23.5. The highest BCUT2D eigenvalue weighted by molar-refractivity contribution is 5.94. The van der Waals surface area contributed by atoms with E-state index in [-0.39, 0.29) is 18.4 Å². The first-order chi connectivity index (χ1) is 12.2. The summed E-state index contributed by atoms with van der Waals surface area (Å²) in [6.45, 7) is 1.51. The van der Waals surface area contributed by atoms with E-state index in [1.807, 2.05) is 41.2 Å². The summed E-state index contributed by atoms with van der Waals surface area (Å²) in [6.07, 6.45) is 3.88. The molecule has 0 spiro atoms. The van der Waals surface area contributed by atoms with Crippen LogP contribution >= 0.6 is 0 Å². The van der Waals surface area contributed by atoms with Gasteiger partial charge in [-0.25, -0.2) is 0 Å². The molecule has 2 rings (SSSR count). The maximum Gasteiger partial charge on any atom is 0.251 e. The van der Waals surface area contributed by atoms with Crippen LogP contribution in [0.25, 0.3) is 5.69 Å².